The zero-order valence-electron chi connectivity index (χ0n) is 23.3. The summed E-state index contributed by atoms with van der Waals surface area (Å²) < 4.78 is 10.1. The lowest BCUT2D eigenvalue weighted by Crippen LogP contribution is -2.43. The van der Waals surface area contributed by atoms with Gasteiger partial charge in [0, 0.05) is 5.92 Å². The molecular weight excluding hydrogens is 448 g/mol. The number of imidazole rings is 1. The molecule has 0 N–H and O–H groups in total. The van der Waals surface area contributed by atoms with Crippen LogP contribution in [0.15, 0.2) is 30.6 Å². The van der Waals surface area contributed by atoms with Crippen molar-refractivity contribution < 1.29 is 18.9 Å². The Balaban J connectivity index is 1.50. The van der Waals surface area contributed by atoms with Gasteiger partial charge in [0.25, 0.3) is 0 Å². The Hall–Kier alpha value is -2.17. The number of fused-ring (bicyclic) bond motifs is 1. The van der Waals surface area contributed by atoms with E-state index in [1.807, 2.05) is 39.7 Å². The van der Waals surface area contributed by atoms with Crippen molar-refractivity contribution in [2.75, 3.05) is 0 Å². The van der Waals surface area contributed by atoms with E-state index in [0.29, 0.717) is 47.8 Å². The van der Waals surface area contributed by atoms with Crippen molar-refractivity contribution in [1.82, 2.24) is 4.57 Å². The zero-order chi connectivity index (χ0) is 26.0. The maximum Gasteiger partial charge on any atom is 0.348 e. The largest absolute Gasteiger partial charge is 0.459 e. The van der Waals surface area contributed by atoms with Crippen LogP contribution in [0.3, 0.4) is 0 Å². The van der Waals surface area contributed by atoms with Crippen LogP contribution in [0.1, 0.15) is 80.1 Å². The highest BCUT2D eigenvalue weighted by molar-refractivity contribution is 5.81. The van der Waals surface area contributed by atoms with Crippen LogP contribution in [0.2, 0.25) is 0 Å². The van der Waals surface area contributed by atoms with Gasteiger partial charge >= 0.3 is 5.97 Å². The molecule has 1 heterocycles. The molecule has 0 bridgehead atoms. The monoisotopic (exact) mass is 495 g/mol. The number of aromatic nitrogens is 2. The zero-order valence-corrected chi connectivity index (χ0v) is 23.3. The molecule has 4 rings (SSSR count). The lowest BCUT2D eigenvalue weighted by atomic mass is 9.68. The van der Waals surface area contributed by atoms with Crippen molar-refractivity contribution in [1.29, 1.82) is 0 Å². The van der Waals surface area contributed by atoms with E-state index in [9.17, 15) is 9.59 Å². The van der Waals surface area contributed by atoms with E-state index in [4.69, 9.17) is 4.74 Å². The second-order valence-corrected chi connectivity index (χ2v) is 12.6. The van der Waals surface area contributed by atoms with Gasteiger partial charge in [0.15, 0.2) is 23.4 Å². The third kappa shape index (κ3) is 6.03. The minimum absolute atomic E-state index is 0.00182. The number of ketones is 1. The molecule has 6 atom stereocenters. The molecule has 2 aliphatic rings. The van der Waals surface area contributed by atoms with Gasteiger partial charge in [-0.1, -0.05) is 66.5 Å². The number of hydrogen-bond donors (Lipinski definition) is 0. The van der Waals surface area contributed by atoms with Crippen LogP contribution < -0.4 is 4.57 Å². The van der Waals surface area contributed by atoms with Crippen molar-refractivity contribution >= 4 is 22.8 Å². The van der Waals surface area contributed by atoms with Gasteiger partial charge in [-0.15, -0.1) is 0 Å². The summed E-state index contributed by atoms with van der Waals surface area (Å²) in [5.41, 5.74) is 1.96. The summed E-state index contributed by atoms with van der Waals surface area (Å²) in [5, 5.41) is 0. The topological polar surface area (TPSA) is 52.2 Å². The number of ether oxygens (including phenoxy) is 1. The van der Waals surface area contributed by atoms with Gasteiger partial charge in [0.2, 0.25) is 6.33 Å². The quantitative estimate of drug-likeness (QED) is 0.323. The Labute approximate surface area is 217 Å². The summed E-state index contributed by atoms with van der Waals surface area (Å²) >= 11 is 0. The van der Waals surface area contributed by atoms with Crippen LogP contribution in [0.25, 0.3) is 11.0 Å². The van der Waals surface area contributed by atoms with Gasteiger partial charge in [0.05, 0.1) is 0 Å². The van der Waals surface area contributed by atoms with Crippen molar-refractivity contribution in [3.63, 3.8) is 0 Å². The molecule has 1 aromatic heterocycles. The molecule has 0 radical (unpaired) electrons. The van der Waals surface area contributed by atoms with Crippen LogP contribution >= 0.6 is 0 Å². The maximum atomic E-state index is 13.6. The number of carbonyl (C=O) groups excluding carboxylic acids is 2. The fraction of sp³-hybridized carbons (Fsp3) is 0.710. The van der Waals surface area contributed by atoms with Gasteiger partial charge in [-0.2, -0.15) is 0 Å². The summed E-state index contributed by atoms with van der Waals surface area (Å²) in [4.78, 5) is 26.7. The van der Waals surface area contributed by atoms with Gasteiger partial charge in [0.1, 0.15) is 12.6 Å². The molecule has 0 saturated heterocycles. The third-order valence-electron chi connectivity index (χ3n) is 9.08. The van der Waals surface area contributed by atoms with Crippen molar-refractivity contribution in [3.05, 3.63) is 30.6 Å². The predicted molar refractivity (Wildman–Crippen MR) is 143 cm³/mol. The molecule has 36 heavy (non-hydrogen) atoms. The second-order valence-electron chi connectivity index (χ2n) is 12.6. The highest BCUT2D eigenvalue weighted by atomic mass is 16.5. The summed E-state index contributed by atoms with van der Waals surface area (Å²) in [7, 11) is 0. The smallest absolute Gasteiger partial charge is 0.348 e. The van der Waals surface area contributed by atoms with E-state index >= 15 is 0 Å². The first-order valence-electron chi connectivity index (χ1n) is 14.3. The lowest BCUT2D eigenvalue weighted by Gasteiger charge is -2.36. The molecule has 2 fully saturated rings. The highest BCUT2D eigenvalue weighted by Crippen LogP contribution is 2.39. The Morgan fingerprint density at radius 3 is 2.28 bits per heavy atom. The van der Waals surface area contributed by atoms with Crippen LogP contribution in [-0.2, 0) is 27.4 Å². The number of nitrogens with zero attached hydrogens (tertiary/aromatic N) is 2. The molecule has 2 saturated carbocycles. The Bertz CT molecular complexity index is 1060. The van der Waals surface area contributed by atoms with Crippen molar-refractivity contribution in [2.45, 2.75) is 99.3 Å². The number of carbonyl (C=O) groups is 2. The fourth-order valence-corrected chi connectivity index (χ4v) is 6.95. The van der Waals surface area contributed by atoms with E-state index in [-0.39, 0.29) is 24.5 Å². The first kappa shape index (κ1) is 26.9. The van der Waals surface area contributed by atoms with Crippen LogP contribution in [0, 0.1) is 41.4 Å². The molecule has 0 aliphatic heterocycles. The van der Waals surface area contributed by atoms with E-state index in [1.165, 1.54) is 12.8 Å². The maximum absolute atomic E-state index is 13.6. The van der Waals surface area contributed by atoms with Crippen molar-refractivity contribution in [2.24, 2.45) is 41.4 Å². The second kappa shape index (κ2) is 11.5. The average molecular weight is 496 g/mol. The van der Waals surface area contributed by atoms with Gasteiger partial charge in [-0.25, -0.2) is 13.9 Å². The molecule has 0 amide bonds. The van der Waals surface area contributed by atoms with Gasteiger partial charge in [-0.3, -0.25) is 4.79 Å². The molecule has 2 aliphatic carbocycles. The van der Waals surface area contributed by atoms with Crippen LogP contribution in [0.4, 0.5) is 0 Å². The molecule has 1 aromatic carbocycles. The fourth-order valence-electron chi connectivity index (χ4n) is 6.95. The molecule has 0 unspecified atom stereocenters. The van der Waals surface area contributed by atoms with Crippen LogP contribution in [-0.4, -0.2) is 22.4 Å². The van der Waals surface area contributed by atoms with E-state index in [0.717, 1.165) is 36.7 Å². The Morgan fingerprint density at radius 2 is 1.58 bits per heavy atom. The molecule has 2 aromatic rings. The summed E-state index contributed by atoms with van der Waals surface area (Å²) in [5.74, 6) is 3.38. The van der Waals surface area contributed by atoms with Gasteiger partial charge < -0.3 is 4.74 Å². The normalized spacial score (nSPS) is 29.1. The molecule has 5 nitrogen and oxygen atoms in total. The summed E-state index contributed by atoms with van der Waals surface area (Å²) in [6.45, 7) is 14.0. The minimum Gasteiger partial charge on any atom is -0.459 e. The van der Waals surface area contributed by atoms with Crippen molar-refractivity contribution in [3.8, 4) is 0 Å². The van der Waals surface area contributed by atoms with E-state index < -0.39 is 0 Å². The van der Waals surface area contributed by atoms with E-state index in [2.05, 4.69) is 41.5 Å². The predicted octanol–water partition coefficient (Wildman–Crippen LogP) is 6.21. The minimum atomic E-state index is -0.181. The molecule has 5 heteroatoms. The standard InChI is InChI=1S/C31H47N2O3/c1-20(2)24-13-11-22(5)15-26(24)29(34)17-32-19-33(28-10-8-7-9-27(28)32)18-31(35)36-30-16-23(6)12-14-25(30)21(3)4/h7-10,19-26,30H,11-18H2,1-6H3/q+1/t22-,23-,24+,25-,26+,30-/m0/s1. The lowest BCUT2D eigenvalue weighted by molar-refractivity contribution is -0.659. The summed E-state index contributed by atoms with van der Waals surface area (Å²) in [6, 6.07) is 8.07. The van der Waals surface area contributed by atoms with Gasteiger partial charge in [-0.05, 0) is 73.3 Å². The van der Waals surface area contributed by atoms with Crippen LogP contribution in [0.5, 0.6) is 0 Å². The first-order valence-corrected chi connectivity index (χ1v) is 14.3. The highest BCUT2D eigenvalue weighted by Gasteiger charge is 2.37. The number of benzene rings is 1. The Kier molecular flexibility index (Phi) is 8.57. The average Bonchev–Trinajstić information content (AvgIpc) is 3.15. The third-order valence-corrected chi connectivity index (χ3v) is 9.08. The molecule has 0 spiro atoms. The number of para-hydroxylation sites is 2. The van der Waals surface area contributed by atoms with E-state index in [1.54, 1.807) is 0 Å². The first-order chi connectivity index (χ1) is 17.1. The number of Topliss-reactive ketones (excluding diaryl/α,β-unsaturated/α-hetero) is 1. The number of esters is 1. The summed E-state index contributed by atoms with van der Waals surface area (Å²) in [6.07, 6.45) is 8.59. The number of hydrogen-bond acceptors (Lipinski definition) is 3. The molecular formula is C31H47N2O3+. The number of rotatable bonds is 8. The SMILES string of the molecule is CC(C)[C@H]1CC[C@H](C)C[C@H]1C(=O)C[n+]1cn(CC(=O)O[C@H]2C[C@@H](C)CC[C@H]2C(C)C)c2ccccc21. The Morgan fingerprint density at radius 1 is 0.944 bits per heavy atom. The molecule has 198 valence electrons.